The molecule has 0 saturated carbocycles. The molecule has 1 aromatic carbocycles. The second-order valence-corrected chi connectivity index (χ2v) is 7.46. The molecule has 0 aromatic heterocycles. The predicted molar refractivity (Wildman–Crippen MR) is 98.8 cm³/mol. The van der Waals surface area contributed by atoms with Gasteiger partial charge in [0.1, 0.15) is 11.6 Å². The minimum absolute atomic E-state index is 0.269. The van der Waals surface area contributed by atoms with Crippen LogP contribution in [0.3, 0.4) is 0 Å². The number of hydrogen-bond acceptors (Lipinski definition) is 4. The number of carbonyl (C=O) groups excluding carboxylic acids is 2. The lowest BCUT2D eigenvalue weighted by Gasteiger charge is -2.40. The van der Waals surface area contributed by atoms with Crippen molar-refractivity contribution in [3.05, 3.63) is 41.9 Å². The van der Waals surface area contributed by atoms with Crippen LogP contribution in [-0.4, -0.2) is 53.3 Å². The number of alkyl carbamates (subject to hydrolysis) is 1. The van der Waals surface area contributed by atoms with Crippen molar-refractivity contribution in [2.75, 3.05) is 13.1 Å². The molecule has 0 spiro atoms. The number of amides is 3. The molecule has 0 aliphatic carbocycles. The fraction of sp³-hybridized carbons (Fsp3) is 0.474. The standard InChI is InChI=1S/C19H26N3O5/c1-19(2,3)27-18(26)20-15-11-22(12-23)10-9-14(15)16(21-17(24)25)13-7-5-4-6-8-13/h4-8,12,14-15,21H,9-11H2,1-3H3,(H,20,26)(H,24,25). The fourth-order valence-electron chi connectivity index (χ4n) is 3.14. The predicted octanol–water partition coefficient (Wildman–Crippen LogP) is 2.21. The zero-order valence-corrected chi connectivity index (χ0v) is 15.8. The van der Waals surface area contributed by atoms with Crippen LogP contribution in [0.1, 0.15) is 32.8 Å². The van der Waals surface area contributed by atoms with E-state index in [4.69, 9.17) is 4.74 Å². The van der Waals surface area contributed by atoms with Crippen molar-refractivity contribution >= 4 is 18.6 Å². The van der Waals surface area contributed by atoms with E-state index in [1.165, 1.54) is 0 Å². The molecule has 3 amide bonds. The number of benzene rings is 1. The number of carboxylic acid groups (broad SMARTS) is 1. The average molecular weight is 376 g/mol. The largest absolute Gasteiger partial charge is 0.465 e. The first-order valence-electron chi connectivity index (χ1n) is 8.80. The van der Waals surface area contributed by atoms with Crippen molar-refractivity contribution in [3.63, 3.8) is 0 Å². The van der Waals surface area contributed by atoms with Crippen LogP contribution in [0.2, 0.25) is 0 Å². The molecule has 27 heavy (non-hydrogen) atoms. The second-order valence-electron chi connectivity index (χ2n) is 7.46. The SMILES string of the molecule is CC(C)(C)OC(=O)NC1CN(C=O)CCC1[C](NC(=O)O)c1ccccc1. The van der Waals surface area contributed by atoms with Crippen LogP contribution >= 0.6 is 0 Å². The minimum atomic E-state index is -1.18. The molecule has 3 N–H and O–H groups in total. The smallest absolute Gasteiger partial charge is 0.407 e. The van der Waals surface area contributed by atoms with Crippen LogP contribution in [-0.2, 0) is 9.53 Å². The van der Waals surface area contributed by atoms with Crippen LogP contribution in [0.15, 0.2) is 30.3 Å². The first kappa shape index (κ1) is 20.5. The minimum Gasteiger partial charge on any atom is -0.465 e. The van der Waals surface area contributed by atoms with Crippen LogP contribution in [0.4, 0.5) is 9.59 Å². The zero-order chi connectivity index (χ0) is 20.0. The van der Waals surface area contributed by atoms with Gasteiger partial charge in [-0.25, -0.2) is 9.59 Å². The van der Waals surface area contributed by atoms with Crippen LogP contribution in [0, 0.1) is 12.0 Å². The van der Waals surface area contributed by atoms with Crippen molar-refractivity contribution in [1.82, 2.24) is 15.5 Å². The Labute approximate surface area is 158 Å². The number of nitrogens with zero attached hydrogens (tertiary/aromatic N) is 1. The maximum absolute atomic E-state index is 12.3. The summed E-state index contributed by atoms with van der Waals surface area (Å²) in [5.41, 5.74) is 0.0598. The number of hydrogen-bond donors (Lipinski definition) is 3. The summed E-state index contributed by atoms with van der Waals surface area (Å²) in [5.74, 6) is -0.313. The van der Waals surface area contributed by atoms with Gasteiger partial charge in [0.15, 0.2) is 0 Å². The molecule has 8 nitrogen and oxygen atoms in total. The average Bonchev–Trinajstić information content (AvgIpc) is 2.58. The molecule has 1 aliphatic rings. The summed E-state index contributed by atoms with van der Waals surface area (Å²) in [7, 11) is 0. The van der Waals surface area contributed by atoms with Crippen LogP contribution in [0.5, 0.6) is 0 Å². The van der Waals surface area contributed by atoms with Crippen LogP contribution < -0.4 is 10.6 Å². The number of nitrogens with one attached hydrogen (secondary N) is 2. The molecular formula is C19H26N3O5. The molecule has 1 saturated heterocycles. The summed E-state index contributed by atoms with van der Waals surface area (Å²) in [5, 5.41) is 14.6. The summed E-state index contributed by atoms with van der Waals surface area (Å²) in [6.45, 7) is 6.02. The quantitative estimate of drug-likeness (QED) is 0.683. The molecule has 1 aliphatic heterocycles. The molecule has 1 aromatic rings. The van der Waals surface area contributed by atoms with E-state index < -0.39 is 23.8 Å². The molecule has 147 valence electrons. The van der Waals surface area contributed by atoms with Crippen molar-refractivity contribution in [2.45, 2.75) is 38.8 Å². The Morgan fingerprint density at radius 2 is 1.93 bits per heavy atom. The topological polar surface area (TPSA) is 108 Å². The Bertz CT molecular complexity index is 659. The highest BCUT2D eigenvalue weighted by molar-refractivity contribution is 5.69. The lowest BCUT2D eigenvalue weighted by molar-refractivity contribution is -0.119. The number of carbonyl (C=O) groups is 3. The Morgan fingerprint density at radius 1 is 1.26 bits per heavy atom. The van der Waals surface area contributed by atoms with Gasteiger partial charge in [-0.15, -0.1) is 0 Å². The monoisotopic (exact) mass is 376 g/mol. The number of piperidine rings is 1. The molecular weight excluding hydrogens is 350 g/mol. The van der Waals surface area contributed by atoms with Crippen molar-refractivity contribution in [2.24, 2.45) is 5.92 Å². The summed E-state index contributed by atoms with van der Waals surface area (Å²) in [6.07, 6.45) is -0.549. The van der Waals surface area contributed by atoms with E-state index in [1.54, 1.807) is 25.7 Å². The Kier molecular flexibility index (Phi) is 6.65. The van der Waals surface area contributed by atoms with Gasteiger partial charge in [0, 0.05) is 19.0 Å². The van der Waals surface area contributed by atoms with Gasteiger partial charge in [-0.1, -0.05) is 30.3 Å². The molecule has 1 radical (unpaired) electrons. The van der Waals surface area contributed by atoms with Gasteiger partial charge in [0.2, 0.25) is 6.41 Å². The third-order valence-corrected chi connectivity index (χ3v) is 4.19. The van der Waals surface area contributed by atoms with Gasteiger partial charge in [-0.2, -0.15) is 0 Å². The van der Waals surface area contributed by atoms with Crippen LogP contribution in [0.25, 0.3) is 0 Å². The Morgan fingerprint density at radius 3 is 2.48 bits per heavy atom. The molecule has 0 bridgehead atoms. The van der Waals surface area contributed by atoms with Gasteiger partial charge in [0.25, 0.3) is 0 Å². The maximum Gasteiger partial charge on any atom is 0.407 e. The highest BCUT2D eigenvalue weighted by Gasteiger charge is 2.38. The van der Waals surface area contributed by atoms with E-state index in [-0.39, 0.29) is 12.5 Å². The molecule has 2 unspecified atom stereocenters. The van der Waals surface area contributed by atoms with Gasteiger partial charge in [-0.05, 0) is 32.8 Å². The third-order valence-electron chi connectivity index (χ3n) is 4.19. The Balaban J connectivity index is 2.26. The third kappa shape index (κ3) is 6.16. The van der Waals surface area contributed by atoms with Gasteiger partial charge in [-0.3, -0.25) is 4.79 Å². The van der Waals surface area contributed by atoms with Gasteiger partial charge >= 0.3 is 12.2 Å². The summed E-state index contributed by atoms with van der Waals surface area (Å²) in [6, 6.07) is 9.10. The number of ether oxygens (including phenoxy) is 1. The lowest BCUT2D eigenvalue weighted by atomic mass is 9.82. The van der Waals surface area contributed by atoms with E-state index in [9.17, 15) is 19.5 Å². The van der Waals surface area contributed by atoms with E-state index in [1.807, 2.05) is 30.3 Å². The zero-order valence-electron chi connectivity index (χ0n) is 15.8. The second kappa shape index (κ2) is 8.75. The first-order chi connectivity index (χ1) is 12.7. The molecule has 2 atom stereocenters. The molecule has 8 heteroatoms. The number of rotatable bonds is 5. The maximum atomic E-state index is 12.3. The van der Waals surface area contributed by atoms with E-state index >= 15 is 0 Å². The van der Waals surface area contributed by atoms with Gasteiger partial charge in [0.05, 0.1) is 6.04 Å². The Hall–Kier alpha value is -2.77. The fourth-order valence-corrected chi connectivity index (χ4v) is 3.14. The number of likely N-dealkylation sites (tertiary alicyclic amines) is 1. The molecule has 1 fully saturated rings. The molecule has 1 heterocycles. The van der Waals surface area contributed by atoms with Crippen molar-refractivity contribution < 1.29 is 24.2 Å². The molecule has 2 rings (SSSR count). The van der Waals surface area contributed by atoms with E-state index in [2.05, 4.69) is 10.6 Å². The van der Waals surface area contributed by atoms with Crippen molar-refractivity contribution in [1.29, 1.82) is 0 Å². The summed E-state index contributed by atoms with van der Waals surface area (Å²) >= 11 is 0. The lowest BCUT2D eigenvalue weighted by Crippen LogP contribution is -2.56. The van der Waals surface area contributed by atoms with E-state index in [0.29, 0.717) is 19.0 Å². The first-order valence-corrected chi connectivity index (χ1v) is 8.80. The van der Waals surface area contributed by atoms with Crippen molar-refractivity contribution in [3.8, 4) is 0 Å². The van der Waals surface area contributed by atoms with Gasteiger partial charge < -0.3 is 25.4 Å². The van der Waals surface area contributed by atoms with E-state index in [0.717, 1.165) is 12.0 Å². The summed E-state index contributed by atoms with van der Waals surface area (Å²) < 4.78 is 5.32. The highest BCUT2D eigenvalue weighted by atomic mass is 16.6. The highest BCUT2D eigenvalue weighted by Crippen LogP contribution is 2.30. The summed E-state index contributed by atoms with van der Waals surface area (Å²) in [4.78, 5) is 36.4. The normalized spacial score (nSPS) is 20.1.